The van der Waals surface area contributed by atoms with E-state index in [-0.39, 0.29) is 11.1 Å². The van der Waals surface area contributed by atoms with E-state index < -0.39 is 11.4 Å². The van der Waals surface area contributed by atoms with Crippen molar-refractivity contribution in [1.82, 2.24) is 5.16 Å². The molecule has 0 aliphatic heterocycles. The Kier molecular flexibility index (Phi) is 4.45. The number of rotatable bonds is 4. The van der Waals surface area contributed by atoms with Gasteiger partial charge in [0.15, 0.2) is 5.58 Å². The molecule has 23 heavy (non-hydrogen) atoms. The molecule has 0 fully saturated rings. The van der Waals surface area contributed by atoms with Crippen LogP contribution in [0.3, 0.4) is 0 Å². The minimum atomic E-state index is -1.28. The lowest BCUT2D eigenvalue weighted by Gasteiger charge is -2.07. The summed E-state index contributed by atoms with van der Waals surface area (Å²) in [5, 5.41) is 4.72. The van der Waals surface area contributed by atoms with Crippen molar-refractivity contribution in [2.75, 3.05) is 0 Å². The van der Waals surface area contributed by atoms with Crippen LogP contribution in [0.2, 0.25) is 0 Å². The van der Waals surface area contributed by atoms with E-state index in [9.17, 15) is 8.94 Å². The fraction of sp³-hybridized carbons (Fsp3) is 0.176. The third-order valence-electron chi connectivity index (χ3n) is 3.35. The van der Waals surface area contributed by atoms with Crippen molar-refractivity contribution in [2.24, 2.45) is 4.40 Å². The summed E-state index contributed by atoms with van der Waals surface area (Å²) in [6, 6.07) is 11.8. The Hall–Kier alpha value is -2.18. The first-order chi connectivity index (χ1) is 11.1. The van der Waals surface area contributed by atoms with E-state index in [0.717, 1.165) is 16.5 Å². The predicted molar refractivity (Wildman–Crippen MR) is 90.3 cm³/mol. The van der Waals surface area contributed by atoms with Crippen LogP contribution in [0.1, 0.15) is 19.4 Å². The average molecular weight is 330 g/mol. The normalized spacial score (nSPS) is 13.3. The molecule has 3 rings (SSSR count). The van der Waals surface area contributed by atoms with E-state index in [2.05, 4.69) is 9.55 Å². The molecular weight excluding hydrogens is 315 g/mol. The Morgan fingerprint density at radius 1 is 1.26 bits per heavy atom. The van der Waals surface area contributed by atoms with Crippen LogP contribution in [0.4, 0.5) is 4.39 Å². The zero-order valence-electron chi connectivity index (χ0n) is 12.7. The van der Waals surface area contributed by atoms with Gasteiger partial charge in [-0.25, -0.2) is 4.39 Å². The highest BCUT2D eigenvalue weighted by Gasteiger charge is 2.15. The van der Waals surface area contributed by atoms with Gasteiger partial charge in [-0.05, 0) is 26.0 Å². The van der Waals surface area contributed by atoms with Gasteiger partial charge in [-0.2, -0.15) is 0 Å². The maximum atomic E-state index is 13.3. The number of aromatic nitrogens is 1. The minimum Gasteiger partial charge on any atom is -0.591 e. The molecule has 1 aromatic heterocycles. The standard InChI is InChI=1S/C17H15FN2O2S/c1-11(2)23(21)19-10-12-5-3-4-6-14(12)17-15-8-7-13(18)9-16(15)22-20-17/h3-11H,1-2H3/b19-10+/t23-/m0/s1. The molecule has 1 atom stereocenters. The molecule has 0 amide bonds. The maximum absolute atomic E-state index is 13.3. The lowest BCUT2D eigenvalue weighted by molar-refractivity contribution is 0.457. The molecule has 0 bridgehead atoms. The Morgan fingerprint density at radius 2 is 2.04 bits per heavy atom. The fourth-order valence-electron chi connectivity index (χ4n) is 2.16. The van der Waals surface area contributed by atoms with Crippen molar-refractivity contribution in [1.29, 1.82) is 0 Å². The number of benzene rings is 2. The highest BCUT2D eigenvalue weighted by molar-refractivity contribution is 7.90. The van der Waals surface area contributed by atoms with Gasteiger partial charge in [-0.1, -0.05) is 33.8 Å². The molecule has 0 aliphatic carbocycles. The van der Waals surface area contributed by atoms with E-state index in [4.69, 9.17) is 4.52 Å². The Morgan fingerprint density at radius 3 is 2.83 bits per heavy atom. The van der Waals surface area contributed by atoms with Crippen LogP contribution in [0.25, 0.3) is 22.2 Å². The second-order valence-electron chi connectivity index (χ2n) is 5.32. The van der Waals surface area contributed by atoms with Gasteiger partial charge < -0.3 is 9.08 Å². The largest absolute Gasteiger partial charge is 0.591 e. The Labute approximate surface area is 136 Å². The van der Waals surface area contributed by atoms with E-state index in [1.165, 1.54) is 12.1 Å². The summed E-state index contributed by atoms with van der Waals surface area (Å²) in [6.07, 6.45) is 1.58. The van der Waals surface area contributed by atoms with Gasteiger partial charge in [0, 0.05) is 22.6 Å². The first-order valence-electron chi connectivity index (χ1n) is 7.15. The Bertz CT molecular complexity index is 861. The number of fused-ring (bicyclic) bond motifs is 1. The van der Waals surface area contributed by atoms with Crippen molar-refractivity contribution >= 4 is 28.5 Å². The zero-order chi connectivity index (χ0) is 16.4. The van der Waals surface area contributed by atoms with Crippen molar-refractivity contribution in [3.8, 4) is 11.3 Å². The molecule has 6 heteroatoms. The summed E-state index contributed by atoms with van der Waals surface area (Å²) in [5.74, 6) is -0.373. The summed E-state index contributed by atoms with van der Waals surface area (Å²) < 4.78 is 34.4. The lowest BCUT2D eigenvalue weighted by atomic mass is 10.0. The van der Waals surface area contributed by atoms with Crippen molar-refractivity contribution in [3.05, 3.63) is 53.8 Å². The van der Waals surface area contributed by atoms with Crippen LogP contribution in [0.15, 0.2) is 51.4 Å². The third-order valence-corrected chi connectivity index (χ3v) is 4.47. The van der Waals surface area contributed by atoms with E-state index in [1.807, 2.05) is 38.1 Å². The van der Waals surface area contributed by atoms with Gasteiger partial charge in [-0.15, -0.1) is 0 Å². The maximum Gasteiger partial charge on any atom is 0.170 e. The first kappa shape index (κ1) is 15.7. The summed E-state index contributed by atoms with van der Waals surface area (Å²) >= 11 is -1.28. The second kappa shape index (κ2) is 6.52. The molecule has 3 aromatic rings. The smallest absolute Gasteiger partial charge is 0.170 e. The van der Waals surface area contributed by atoms with Gasteiger partial charge in [0.1, 0.15) is 16.8 Å². The topological polar surface area (TPSA) is 61.5 Å². The van der Waals surface area contributed by atoms with E-state index in [0.29, 0.717) is 11.3 Å². The molecule has 0 saturated carbocycles. The molecule has 118 valence electrons. The van der Waals surface area contributed by atoms with Gasteiger partial charge in [0.2, 0.25) is 0 Å². The van der Waals surface area contributed by atoms with Crippen molar-refractivity contribution in [3.63, 3.8) is 0 Å². The highest BCUT2D eigenvalue weighted by Crippen LogP contribution is 2.30. The van der Waals surface area contributed by atoms with Crippen LogP contribution >= 0.6 is 0 Å². The van der Waals surface area contributed by atoms with Gasteiger partial charge >= 0.3 is 0 Å². The van der Waals surface area contributed by atoms with Crippen LogP contribution in [-0.4, -0.2) is 21.2 Å². The summed E-state index contributed by atoms with van der Waals surface area (Å²) in [4.78, 5) is 0. The average Bonchev–Trinajstić information content (AvgIpc) is 2.95. The molecule has 2 aromatic carbocycles. The first-order valence-corrected chi connectivity index (χ1v) is 8.32. The SMILES string of the molecule is CC(C)[S@+]([O-])/N=C/c1ccccc1-c1noc2cc(F)ccc12. The summed E-state index contributed by atoms with van der Waals surface area (Å²) in [6.45, 7) is 3.69. The van der Waals surface area contributed by atoms with Gasteiger partial charge in [0.05, 0.1) is 17.6 Å². The molecule has 1 heterocycles. The van der Waals surface area contributed by atoms with Crippen LogP contribution < -0.4 is 0 Å². The van der Waals surface area contributed by atoms with E-state index >= 15 is 0 Å². The monoisotopic (exact) mass is 330 g/mol. The summed E-state index contributed by atoms with van der Waals surface area (Å²) in [5.41, 5.74) is 2.57. The van der Waals surface area contributed by atoms with Gasteiger partial charge in [-0.3, -0.25) is 0 Å². The summed E-state index contributed by atoms with van der Waals surface area (Å²) in [7, 11) is 0. The van der Waals surface area contributed by atoms with Crippen molar-refractivity contribution < 1.29 is 13.5 Å². The quantitative estimate of drug-likeness (QED) is 0.534. The molecule has 0 saturated heterocycles. The number of nitrogens with zero attached hydrogens (tertiary/aromatic N) is 2. The molecule has 0 radical (unpaired) electrons. The number of halogens is 1. The van der Waals surface area contributed by atoms with Crippen molar-refractivity contribution in [2.45, 2.75) is 19.1 Å². The van der Waals surface area contributed by atoms with Gasteiger partial charge in [0.25, 0.3) is 0 Å². The fourth-order valence-corrected chi connectivity index (χ4v) is 2.62. The molecule has 0 N–H and O–H groups in total. The third kappa shape index (κ3) is 3.28. The number of hydrogen-bond acceptors (Lipinski definition) is 4. The predicted octanol–water partition coefficient (Wildman–Crippen LogP) is 4.12. The van der Waals surface area contributed by atoms with Crippen LogP contribution in [0.5, 0.6) is 0 Å². The van der Waals surface area contributed by atoms with Crippen LogP contribution in [-0.2, 0) is 11.4 Å². The second-order valence-corrected chi connectivity index (χ2v) is 7.02. The zero-order valence-corrected chi connectivity index (χ0v) is 13.5. The molecule has 0 spiro atoms. The number of hydrogen-bond donors (Lipinski definition) is 0. The Balaban J connectivity index is 2.06. The highest BCUT2D eigenvalue weighted by atomic mass is 32.2. The molecule has 0 unspecified atom stereocenters. The molecule has 4 nitrogen and oxygen atoms in total. The molecular formula is C17H15FN2O2S. The van der Waals surface area contributed by atoms with Crippen LogP contribution in [0, 0.1) is 5.82 Å². The molecule has 0 aliphatic rings. The minimum absolute atomic E-state index is 0.0470. The lowest BCUT2D eigenvalue weighted by Crippen LogP contribution is -2.10. The van der Waals surface area contributed by atoms with E-state index in [1.54, 1.807) is 12.3 Å².